The van der Waals surface area contributed by atoms with E-state index in [4.69, 9.17) is 5.26 Å². The topological polar surface area (TPSA) is 50.1 Å². The smallest absolute Gasteiger partial charge is 0.349 e. The van der Waals surface area contributed by atoms with Gasteiger partial charge in [0, 0.05) is 12.1 Å². The third-order valence-corrected chi connectivity index (χ3v) is 5.76. The second-order valence-corrected chi connectivity index (χ2v) is 7.92. The molecule has 9 heteroatoms. The highest BCUT2D eigenvalue weighted by molar-refractivity contribution is 5.92. The first kappa shape index (κ1) is 23.4. The molecule has 0 heterocycles. The van der Waals surface area contributed by atoms with Crippen LogP contribution >= 0.6 is 0 Å². The van der Waals surface area contributed by atoms with Gasteiger partial charge in [0.2, 0.25) is 0 Å². The molecule has 4 rings (SSSR count). The number of hydrogen-bond donors (Lipinski definition) is 0. The highest BCUT2D eigenvalue weighted by atomic mass is 19.2. The molecule has 0 N–H and O–H groups in total. The molecule has 174 valence electrons. The summed E-state index contributed by atoms with van der Waals surface area (Å²) >= 11 is 0. The Balaban J connectivity index is 1.65. The molecule has 0 amide bonds. The largest absolute Gasteiger partial charge is 0.423 e. The Bertz CT molecular complexity index is 1270. The first-order valence-corrected chi connectivity index (χ1v) is 10.3. The van der Waals surface area contributed by atoms with E-state index in [0.29, 0.717) is 29.8 Å². The minimum atomic E-state index is -1.64. The number of benzene rings is 3. The van der Waals surface area contributed by atoms with Crippen molar-refractivity contribution in [3.8, 4) is 22.9 Å². The number of esters is 1. The molecule has 1 aliphatic carbocycles. The molecule has 3 aromatic rings. The lowest BCUT2D eigenvalue weighted by molar-refractivity contribution is 0.0724. The second kappa shape index (κ2) is 9.21. The number of nitrogens with zero attached hydrogens (tertiary/aromatic N) is 1. The van der Waals surface area contributed by atoms with Gasteiger partial charge in [0.1, 0.15) is 57.8 Å². The van der Waals surface area contributed by atoms with E-state index >= 15 is 0 Å². The van der Waals surface area contributed by atoms with Crippen LogP contribution in [0.2, 0.25) is 0 Å². The third kappa shape index (κ3) is 4.36. The lowest BCUT2D eigenvalue weighted by atomic mass is 9.93. The van der Waals surface area contributed by atoms with Crippen LogP contribution in [0.15, 0.2) is 36.4 Å². The minimum absolute atomic E-state index is 0.0144. The maximum atomic E-state index is 14.7. The van der Waals surface area contributed by atoms with Crippen LogP contribution in [0.4, 0.5) is 26.3 Å². The van der Waals surface area contributed by atoms with Crippen LogP contribution in [0.25, 0.3) is 11.1 Å². The van der Waals surface area contributed by atoms with Gasteiger partial charge in [-0.25, -0.2) is 31.1 Å². The summed E-state index contributed by atoms with van der Waals surface area (Å²) in [6.07, 6.45) is 3.49. The fourth-order valence-electron chi connectivity index (χ4n) is 4.15. The van der Waals surface area contributed by atoms with Gasteiger partial charge in [-0.2, -0.15) is 5.26 Å². The molecule has 1 fully saturated rings. The quantitative estimate of drug-likeness (QED) is 0.233. The van der Waals surface area contributed by atoms with E-state index in [1.807, 2.05) is 0 Å². The van der Waals surface area contributed by atoms with E-state index in [2.05, 4.69) is 4.74 Å². The molecule has 3 aromatic carbocycles. The molecule has 0 atom stereocenters. The predicted octanol–water partition coefficient (Wildman–Crippen LogP) is 6.94. The summed E-state index contributed by atoms with van der Waals surface area (Å²) in [7, 11) is 0. The van der Waals surface area contributed by atoms with Gasteiger partial charge in [-0.15, -0.1) is 0 Å². The second-order valence-electron chi connectivity index (χ2n) is 7.92. The lowest BCUT2D eigenvalue weighted by Gasteiger charge is -2.14. The SMILES string of the molecule is N#Cc1c(F)cc(OC(=O)c2c(F)cc(-c3c(F)cc(C4CCCC4)cc3F)cc2F)cc1F. The van der Waals surface area contributed by atoms with Crippen LogP contribution in [0.3, 0.4) is 0 Å². The van der Waals surface area contributed by atoms with Crippen molar-refractivity contribution in [3.63, 3.8) is 0 Å². The average Bonchev–Trinajstić information content (AvgIpc) is 3.27. The molecule has 0 spiro atoms. The fraction of sp³-hybridized carbons (Fsp3) is 0.200. The third-order valence-electron chi connectivity index (χ3n) is 5.76. The molecule has 0 bridgehead atoms. The Morgan fingerprint density at radius 1 is 0.794 bits per heavy atom. The normalized spacial score (nSPS) is 13.7. The molecule has 0 radical (unpaired) electrons. The Labute approximate surface area is 190 Å². The van der Waals surface area contributed by atoms with Crippen molar-refractivity contribution >= 4 is 5.97 Å². The van der Waals surface area contributed by atoms with E-state index in [-0.39, 0.29) is 5.92 Å². The van der Waals surface area contributed by atoms with Gasteiger partial charge in [-0.05, 0) is 54.2 Å². The summed E-state index contributed by atoms with van der Waals surface area (Å²) in [6, 6.07) is 5.68. The summed E-state index contributed by atoms with van der Waals surface area (Å²) < 4.78 is 90.7. The Morgan fingerprint density at radius 3 is 1.82 bits per heavy atom. The summed E-state index contributed by atoms with van der Waals surface area (Å²) in [5.74, 6) is -10.0. The van der Waals surface area contributed by atoms with Gasteiger partial charge in [-0.3, -0.25) is 0 Å². The molecule has 0 aromatic heterocycles. The number of carbonyl (C=O) groups excluding carboxylic acids is 1. The van der Waals surface area contributed by atoms with Gasteiger partial charge in [0.15, 0.2) is 0 Å². The highest BCUT2D eigenvalue weighted by Gasteiger charge is 2.26. The van der Waals surface area contributed by atoms with Crippen LogP contribution in [0.5, 0.6) is 5.75 Å². The zero-order chi connectivity index (χ0) is 24.6. The van der Waals surface area contributed by atoms with E-state index in [1.165, 1.54) is 6.07 Å². The van der Waals surface area contributed by atoms with Crippen LogP contribution in [0, 0.1) is 46.2 Å². The van der Waals surface area contributed by atoms with Crippen molar-refractivity contribution < 1.29 is 35.9 Å². The predicted molar refractivity (Wildman–Crippen MR) is 109 cm³/mol. The first-order valence-electron chi connectivity index (χ1n) is 10.3. The Morgan fingerprint density at radius 2 is 1.32 bits per heavy atom. The van der Waals surface area contributed by atoms with Gasteiger partial charge < -0.3 is 4.74 Å². The summed E-state index contributed by atoms with van der Waals surface area (Å²) in [4.78, 5) is 12.2. The standard InChI is InChI=1S/C25H15F6NO2/c26-17-9-15(10-18(27)16(17)11-32)34-25(33)24-21(30)7-14(8-22(24)31)23-19(28)5-13(6-20(23)29)12-3-1-2-4-12/h5-10,12H,1-4H2. The number of carbonyl (C=O) groups is 1. The summed E-state index contributed by atoms with van der Waals surface area (Å²) in [5, 5.41) is 8.66. The zero-order valence-electron chi connectivity index (χ0n) is 17.4. The van der Waals surface area contributed by atoms with Crippen molar-refractivity contribution in [3.05, 3.63) is 88.0 Å². The van der Waals surface area contributed by atoms with Gasteiger partial charge in [0.25, 0.3) is 0 Å². The number of rotatable bonds is 4. The molecule has 3 nitrogen and oxygen atoms in total. The van der Waals surface area contributed by atoms with Gasteiger partial charge in [-0.1, -0.05) is 12.8 Å². The van der Waals surface area contributed by atoms with Crippen LogP contribution in [-0.2, 0) is 0 Å². The number of nitriles is 1. The molecule has 0 saturated heterocycles. The molecular formula is C25H15F6NO2. The van der Waals surface area contributed by atoms with Gasteiger partial charge in [0.05, 0.1) is 5.56 Å². The molecular weight excluding hydrogens is 460 g/mol. The fourth-order valence-corrected chi connectivity index (χ4v) is 4.15. The Kier molecular flexibility index (Phi) is 6.33. The maximum Gasteiger partial charge on any atom is 0.349 e. The van der Waals surface area contributed by atoms with Crippen molar-refractivity contribution in [2.45, 2.75) is 31.6 Å². The average molecular weight is 475 g/mol. The molecule has 34 heavy (non-hydrogen) atoms. The van der Waals surface area contributed by atoms with E-state index in [9.17, 15) is 31.1 Å². The first-order chi connectivity index (χ1) is 16.2. The Hall–Kier alpha value is -3.80. The zero-order valence-corrected chi connectivity index (χ0v) is 17.4. The summed E-state index contributed by atoms with van der Waals surface area (Å²) in [5.41, 5.74) is -2.81. The van der Waals surface area contributed by atoms with Crippen LogP contribution in [0.1, 0.15) is 53.1 Å². The minimum Gasteiger partial charge on any atom is -0.423 e. The molecule has 0 aliphatic heterocycles. The van der Waals surface area contributed by atoms with E-state index < -0.39 is 68.9 Å². The number of halogens is 6. The van der Waals surface area contributed by atoms with Gasteiger partial charge >= 0.3 is 5.97 Å². The van der Waals surface area contributed by atoms with Crippen LogP contribution in [-0.4, -0.2) is 5.97 Å². The lowest BCUT2D eigenvalue weighted by Crippen LogP contribution is -2.14. The molecule has 1 saturated carbocycles. The van der Waals surface area contributed by atoms with Crippen molar-refractivity contribution in [2.24, 2.45) is 0 Å². The highest BCUT2D eigenvalue weighted by Crippen LogP contribution is 2.37. The number of ether oxygens (including phenoxy) is 1. The number of hydrogen-bond acceptors (Lipinski definition) is 3. The van der Waals surface area contributed by atoms with E-state index in [1.54, 1.807) is 0 Å². The van der Waals surface area contributed by atoms with Crippen LogP contribution < -0.4 is 4.74 Å². The monoisotopic (exact) mass is 475 g/mol. The summed E-state index contributed by atoms with van der Waals surface area (Å²) in [6.45, 7) is 0. The van der Waals surface area contributed by atoms with E-state index in [0.717, 1.165) is 37.8 Å². The maximum absolute atomic E-state index is 14.7. The van der Waals surface area contributed by atoms with Crippen molar-refractivity contribution in [1.29, 1.82) is 5.26 Å². The molecule has 1 aliphatic rings. The van der Waals surface area contributed by atoms with Crippen molar-refractivity contribution in [2.75, 3.05) is 0 Å². The molecule has 0 unspecified atom stereocenters. The van der Waals surface area contributed by atoms with Crippen molar-refractivity contribution in [1.82, 2.24) is 0 Å².